The zero-order valence-corrected chi connectivity index (χ0v) is 19.9. The number of nitrogens with zero attached hydrogens (tertiary/aromatic N) is 2. The number of likely N-dealkylation sites (tertiary alicyclic amines) is 1. The van der Waals surface area contributed by atoms with Gasteiger partial charge in [0.05, 0.1) is 37.7 Å². The Morgan fingerprint density at radius 1 is 0.973 bits per heavy atom. The fraction of sp³-hybridized carbons (Fsp3) is 0.727. The molecule has 3 saturated heterocycles. The second-order valence-electron chi connectivity index (χ2n) is 8.87. The first-order valence-electron chi connectivity index (χ1n) is 11.5. The van der Waals surface area contributed by atoms with Crippen molar-refractivity contribution in [2.75, 3.05) is 45.9 Å². The maximum Gasteiger partial charge on any atom is 0.490 e. The lowest BCUT2D eigenvalue weighted by Gasteiger charge is -2.41. The van der Waals surface area contributed by atoms with E-state index in [-0.39, 0.29) is 5.60 Å². The molecule has 3 aliphatic rings. The van der Waals surface area contributed by atoms with Crippen molar-refractivity contribution in [2.24, 2.45) is 0 Å². The predicted molar refractivity (Wildman–Crippen MR) is 115 cm³/mol. The van der Waals surface area contributed by atoms with Crippen LogP contribution in [0.25, 0.3) is 0 Å². The van der Waals surface area contributed by atoms with Crippen LogP contribution >= 0.6 is 0 Å². The molecule has 37 heavy (non-hydrogen) atoms. The van der Waals surface area contributed by atoms with Crippen molar-refractivity contribution in [3.63, 3.8) is 0 Å². The number of hydrogen-bond donors (Lipinski definition) is 2. The van der Waals surface area contributed by atoms with Gasteiger partial charge < -0.3 is 24.1 Å². The number of morpholine rings is 1. The number of carbonyl (C=O) groups is 2. The van der Waals surface area contributed by atoms with E-state index in [2.05, 4.69) is 15.9 Å². The van der Waals surface area contributed by atoms with Crippen molar-refractivity contribution in [3.8, 4) is 0 Å². The van der Waals surface area contributed by atoms with Crippen LogP contribution in [0, 0.1) is 0 Å². The largest absolute Gasteiger partial charge is 0.490 e. The molecule has 1 aromatic rings. The molecule has 15 heteroatoms. The highest BCUT2D eigenvalue weighted by molar-refractivity contribution is 5.73. The molecule has 0 saturated carbocycles. The van der Waals surface area contributed by atoms with Crippen molar-refractivity contribution < 1.29 is 60.0 Å². The molecule has 0 unspecified atom stereocenters. The van der Waals surface area contributed by atoms with Gasteiger partial charge in [0.2, 0.25) is 0 Å². The van der Waals surface area contributed by atoms with E-state index < -0.39 is 24.3 Å². The summed E-state index contributed by atoms with van der Waals surface area (Å²) in [7, 11) is 0. The molecule has 3 fully saturated rings. The monoisotopic (exact) mass is 548 g/mol. The van der Waals surface area contributed by atoms with E-state index in [0.29, 0.717) is 6.10 Å². The summed E-state index contributed by atoms with van der Waals surface area (Å²) in [6.07, 6.45) is -3.14. The van der Waals surface area contributed by atoms with Crippen molar-refractivity contribution in [1.82, 2.24) is 9.80 Å². The van der Waals surface area contributed by atoms with E-state index in [1.54, 1.807) is 6.26 Å². The van der Waals surface area contributed by atoms with Crippen molar-refractivity contribution in [2.45, 2.75) is 56.3 Å². The molecule has 3 aliphatic heterocycles. The zero-order valence-electron chi connectivity index (χ0n) is 19.9. The van der Waals surface area contributed by atoms with Crippen LogP contribution in [-0.2, 0) is 25.6 Å². The maximum atomic E-state index is 10.6. The lowest BCUT2D eigenvalue weighted by atomic mass is 9.90. The lowest BCUT2D eigenvalue weighted by Crippen LogP contribution is -2.48. The van der Waals surface area contributed by atoms with Crippen LogP contribution in [0.3, 0.4) is 0 Å². The van der Waals surface area contributed by atoms with Crippen LogP contribution in [0.5, 0.6) is 0 Å². The molecule has 212 valence electrons. The van der Waals surface area contributed by atoms with Crippen LogP contribution in [0.4, 0.5) is 26.3 Å². The van der Waals surface area contributed by atoms with Crippen LogP contribution in [0.1, 0.15) is 31.4 Å². The number of rotatable bonds is 4. The van der Waals surface area contributed by atoms with Gasteiger partial charge in [-0.15, -0.1) is 0 Å². The highest BCUT2D eigenvalue weighted by Crippen LogP contribution is 2.37. The fourth-order valence-electron chi connectivity index (χ4n) is 4.31. The Balaban J connectivity index is 0.000000286. The van der Waals surface area contributed by atoms with Crippen molar-refractivity contribution in [1.29, 1.82) is 0 Å². The second kappa shape index (κ2) is 13.4. The summed E-state index contributed by atoms with van der Waals surface area (Å²) in [5, 5.41) is 14.2. The van der Waals surface area contributed by atoms with Gasteiger partial charge in [0.15, 0.2) is 0 Å². The molecular formula is C22H30F6N2O7. The van der Waals surface area contributed by atoms with Gasteiger partial charge in [-0.1, -0.05) is 0 Å². The van der Waals surface area contributed by atoms with Crippen molar-refractivity contribution in [3.05, 3.63) is 24.2 Å². The molecular weight excluding hydrogens is 518 g/mol. The van der Waals surface area contributed by atoms with Gasteiger partial charge in [0.1, 0.15) is 5.76 Å². The summed E-state index contributed by atoms with van der Waals surface area (Å²) in [5.41, 5.74) is 0.0851. The normalized spacial score (nSPS) is 25.1. The Morgan fingerprint density at radius 3 is 2.08 bits per heavy atom. The van der Waals surface area contributed by atoms with Gasteiger partial charge in [0, 0.05) is 32.7 Å². The minimum Gasteiger partial charge on any atom is -0.475 e. The first-order chi connectivity index (χ1) is 17.2. The maximum absolute atomic E-state index is 10.6. The minimum absolute atomic E-state index is 0.0851. The number of hydrogen-bond acceptors (Lipinski definition) is 7. The van der Waals surface area contributed by atoms with E-state index in [1.807, 2.05) is 6.07 Å². The van der Waals surface area contributed by atoms with Gasteiger partial charge in [-0.2, -0.15) is 26.3 Å². The summed E-state index contributed by atoms with van der Waals surface area (Å²) in [6.45, 7) is 7.99. The van der Waals surface area contributed by atoms with Gasteiger partial charge in [-0.3, -0.25) is 9.80 Å². The van der Waals surface area contributed by atoms with Crippen LogP contribution in [0.15, 0.2) is 22.8 Å². The molecule has 2 atom stereocenters. The minimum atomic E-state index is -5.08. The second-order valence-corrected chi connectivity index (χ2v) is 8.87. The lowest BCUT2D eigenvalue weighted by molar-refractivity contribution is -0.193. The first kappa shape index (κ1) is 30.9. The third-order valence-electron chi connectivity index (χ3n) is 5.98. The number of alkyl halides is 6. The average molecular weight is 548 g/mol. The van der Waals surface area contributed by atoms with Gasteiger partial charge in [-0.25, -0.2) is 9.59 Å². The third kappa shape index (κ3) is 10.9. The smallest absolute Gasteiger partial charge is 0.475 e. The Kier molecular flexibility index (Phi) is 11.2. The molecule has 4 rings (SSSR count). The zero-order chi connectivity index (χ0) is 27.7. The topological polar surface area (TPSA) is 113 Å². The van der Waals surface area contributed by atoms with Crippen molar-refractivity contribution >= 4 is 11.9 Å². The summed E-state index contributed by atoms with van der Waals surface area (Å²) >= 11 is 0. The third-order valence-corrected chi connectivity index (χ3v) is 5.98. The highest BCUT2D eigenvalue weighted by atomic mass is 19.4. The first-order valence-corrected chi connectivity index (χ1v) is 11.5. The van der Waals surface area contributed by atoms with E-state index in [0.717, 1.165) is 64.7 Å². The van der Waals surface area contributed by atoms with E-state index in [4.69, 9.17) is 33.7 Å². The number of aliphatic carboxylic acids is 2. The quantitative estimate of drug-likeness (QED) is 0.547. The Hall–Kier alpha value is -2.36. The molecule has 2 N–H and O–H groups in total. The van der Waals surface area contributed by atoms with Gasteiger partial charge in [0.25, 0.3) is 0 Å². The number of carboxylic acids is 2. The Morgan fingerprint density at radius 2 is 1.57 bits per heavy atom. The molecule has 0 aromatic carbocycles. The highest BCUT2D eigenvalue weighted by Gasteiger charge is 2.43. The standard InChI is InChI=1S/C18H28N2O3.2C2HF3O2/c1-3-17(14-19-8-11-21-12-9-19)23-18(5-1)6-7-20(15-18)13-16-4-2-10-22-16;2*3-2(4,5)1(6)7/h2,4,10,17H,1,3,5-9,11-15H2;2*(H,6,7)/t17-,18-;;/m1../s1. The fourth-order valence-corrected chi connectivity index (χ4v) is 4.31. The van der Waals surface area contributed by atoms with Gasteiger partial charge in [-0.05, 0) is 37.8 Å². The van der Waals surface area contributed by atoms with Crippen LogP contribution in [0.2, 0.25) is 0 Å². The summed E-state index contributed by atoms with van der Waals surface area (Å²) in [4.78, 5) is 22.8. The molecule has 9 nitrogen and oxygen atoms in total. The summed E-state index contributed by atoms with van der Waals surface area (Å²) in [6, 6.07) is 4.03. The molecule has 0 radical (unpaired) electrons. The van der Waals surface area contributed by atoms with Crippen LogP contribution in [-0.4, -0.2) is 102 Å². The summed E-state index contributed by atoms with van der Waals surface area (Å²) < 4.78 is 81.0. The number of ether oxygens (including phenoxy) is 2. The van der Waals surface area contributed by atoms with Crippen LogP contribution < -0.4 is 0 Å². The molecule has 0 bridgehead atoms. The van der Waals surface area contributed by atoms with E-state index >= 15 is 0 Å². The van der Waals surface area contributed by atoms with E-state index in [1.165, 1.54) is 19.3 Å². The predicted octanol–water partition coefficient (Wildman–Crippen LogP) is 3.39. The Labute approximate surface area is 208 Å². The molecule has 0 aliphatic carbocycles. The van der Waals surface area contributed by atoms with E-state index in [9.17, 15) is 26.3 Å². The van der Waals surface area contributed by atoms with Gasteiger partial charge >= 0.3 is 24.3 Å². The molecule has 4 heterocycles. The average Bonchev–Trinajstić information content (AvgIpc) is 3.45. The number of carboxylic acid groups (broad SMARTS) is 2. The summed E-state index contributed by atoms with van der Waals surface area (Å²) in [5.74, 6) is -4.46. The molecule has 1 aromatic heterocycles. The SMILES string of the molecule is O=C(O)C(F)(F)F.O=C(O)C(F)(F)F.c1coc(CN2CC[C@]3(CCC[C@H](CN4CCOCC4)O3)C2)c1. The molecule has 1 spiro atoms. The number of halogens is 6. The Bertz CT molecular complexity index is 820. The molecule has 0 amide bonds. The number of furan rings is 1.